The second kappa shape index (κ2) is 9.82. The number of hydrogen-bond acceptors (Lipinski definition) is 4. The molecular weight excluding hydrogens is 216 g/mol. The van der Waals surface area contributed by atoms with Gasteiger partial charge in [-0.15, -0.1) is 0 Å². The van der Waals surface area contributed by atoms with Crippen LogP contribution in [0.15, 0.2) is 0 Å². The van der Waals surface area contributed by atoms with E-state index >= 15 is 0 Å². The largest absolute Gasteiger partial charge is 0.481 e. The smallest absolute Gasteiger partial charge is 0.372 e. The Bertz CT molecular complexity index is 254. The van der Waals surface area contributed by atoms with E-state index in [2.05, 4.69) is 0 Å². The van der Waals surface area contributed by atoms with Crippen LogP contribution in [0.4, 0.5) is 0 Å². The second-order valence-electron chi connectivity index (χ2n) is 3.07. The van der Waals surface area contributed by atoms with E-state index in [1.165, 1.54) is 6.92 Å². The Morgan fingerprint density at radius 3 is 1.56 bits per heavy atom. The first-order valence-corrected chi connectivity index (χ1v) is 4.78. The van der Waals surface area contributed by atoms with Crippen LogP contribution in [-0.4, -0.2) is 33.7 Å². The van der Waals surface area contributed by atoms with Crippen LogP contribution in [0.2, 0.25) is 0 Å². The van der Waals surface area contributed by atoms with Gasteiger partial charge >= 0.3 is 11.9 Å². The van der Waals surface area contributed by atoms with Crippen molar-refractivity contribution in [1.29, 1.82) is 0 Å². The molecule has 0 aromatic rings. The zero-order valence-electron chi connectivity index (χ0n) is 9.36. The quantitative estimate of drug-likeness (QED) is 0.658. The van der Waals surface area contributed by atoms with Gasteiger partial charge in [-0.25, -0.2) is 4.79 Å². The molecule has 6 heteroatoms. The molecule has 0 saturated heterocycles. The highest BCUT2D eigenvalue weighted by atomic mass is 16.4. The molecule has 0 aromatic heterocycles. The highest BCUT2D eigenvalue weighted by Crippen LogP contribution is 1.88. The standard InChI is InChI=1S/2C5H8O3/c1-4(6)2-3-5(7)8;1-2-3-4(6)5(7)8/h2*2-3H2,1H3,(H,7,8). The molecule has 0 bridgehead atoms. The third-order valence-corrected chi connectivity index (χ3v) is 1.41. The molecule has 0 aliphatic heterocycles. The van der Waals surface area contributed by atoms with Crippen molar-refractivity contribution in [2.45, 2.75) is 39.5 Å². The molecule has 2 N–H and O–H groups in total. The van der Waals surface area contributed by atoms with Crippen molar-refractivity contribution in [1.82, 2.24) is 0 Å². The molecule has 0 rings (SSSR count). The maximum absolute atomic E-state index is 10.1. The lowest BCUT2D eigenvalue weighted by molar-refractivity contribution is -0.149. The van der Waals surface area contributed by atoms with Crippen LogP contribution in [0.3, 0.4) is 0 Å². The molecule has 16 heavy (non-hydrogen) atoms. The summed E-state index contributed by atoms with van der Waals surface area (Å²) in [6.07, 6.45) is 0.852. The Morgan fingerprint density at radius 2 is 1.44 bits per heavy atom. The fourth-order valence-corrected chi connectivity index (χ4v) is 0.617. The molecule has 0 aromatic carbocycles. The van der Waals surface area contributed by atoms with E-state index in [-0.39, 0.29) is 25.0 Å². The maximum atomic E-state index is 10.1. The predicted octanol–water partition coefficient (Wildman–Crippen LogP) is 0.880. The molecule has 0 unspecified atom stereocenters. The van der Waals surface area contributed by atoms with Gasteiger partial charge in [-0.05, 0) is 13.3 Å². The highest BCUT2D eigenvalue weighted by Gasteiger charge is 2.07. The Morgan fingerprint density at radius 1 is 0.938 bits per heavy atom. The molecule has 0 spiro atoms. The van der Waals surface area contributed by atoms with Crippen molar-refractivity contribution >= 4 is 23.5 Å². The Kier molecular flexibility index (Phi) is 10.3. The number of hydrogen-bond donors (Lipinski definition) is 2. The predicted molar refractivity (Wildman–Crippen MR) is 55.1 cm³/mol. The monoisotopic (exact) mass is 232 g/mol. The van der Waals surface area contributed by atoms with E-state index < -0.39 is 17.7 Å². The van der Waals surface area contributed by atoms with E-state index in [9.17, 15) is 19.2 Å². The van der Waals surface area contributed by atoms with Crippen molar-refractivity contribution in [3.63, 3.8) is 0 Å². The summed E-state index contributed by atoms with van der Waals surface area (Å²) in [5, 5.41) is 16.0. The summed E-state index contributed by atoms with van der Waals surface area (Å²) in [5.41, 5.74) is 0. The number of carbonyl (C=O) groups is 4. The number of aliphatic carboxylic acids is 2. The van der Waals surface area contributed by atoms with E-state index in [4.69, 9.17) is 10.2 Å². The lowest BCUT2D eigenvalue weighted by Crippen LogP contribution is -2.10. The molecule has 6 nitrogen and oxygen atoms in total. The van der Waals surface area contributed by atoms with Gasteiger partial charge in [0.2, 0.25) is 5.78 Å². The average molecular weight is 232 g/mol. The van der Waals surface area contributed by atoms with Crippen LogP contribution < -0.4 is 0 Å². The molecule has 0 saturated carbocycles. The molecule has 0 radical (unpaired) electrons. The van der Waals surface area contributed by atoms with E-state index in [1.807, 2.05) is 0 Å². The minimum atomic E-state index is -1.33. The fourth-order valence-electron chi connectivity index (χ4n) is 0.617. The topological polar surface area (TPSA) is 109 Å². The van der Waals surface area contributed by atoms with Gasteiger partial charge in [-0.2, -0.15) is 0 Å². The number of carboxylic acid groups (broad SMARTS) is 2. The minimum Gasteiger partial charge on any atom is -0.481 e. The molecule has 0 amide bonds. The SMILES string of the molecule is CC(=O)CCC(=O)O.CCCC(=O)C(=O)O. The van der Waals surface area contributed by atoms with Gasteiger partial charge in [-0.3, -0.25) is 9.59 Å². The molecule has 0 atom stereocenters. The molecular formula is C10H16O6. The third-order valence-electron chi connectivity index (χ3n) is 1.41. The summed E-state index contributed by atoms with van der Waals surface area (Å²) < 4.78 is 0. The van der Waals surface area contributed by atoms with E-state index in [0.717, 1.165) is 0 Å². The number of carbonyl (C=O) groups excluding carboxylic acids is 2. The second-order valence-corrected chi connectivity index (χ2v) is 3.07. The van der Waals surface area contributed by atoms with Crippen LogP contribution in [0, 0.1) is 0 Å². The molecule has 92 valence electrons. The van der Waals surface area contributed by atoms with Crippen molar-refractivity contribution < 1.29 is 29.4 Å². The Balaban J connectivity index is 0. The maximum Gasteiger partial charge on any atom is 0.372 e. The molecule has 0 aliphatic rings. The summed E-state index contributed by atoms with van der Waals surface area (Å²) in [4.78, 5) is 39.7. The fraction of sp³-hybridized carbons (Fsp3) is 0.600. The first-order chi connectivity index (χ1) is 7.31. The summed E-state index contributed by atoms with van der Waals surface area (Å²) in [6, 6.07) is 0. The third kappa shape index (κ3) is 14.8. The molecule has 0 heterocycles. The minimum absolute atomic E-state index is 0.0463. The van der Waals surface area contributed by atoms with Gasteiger partial charge < -0.3 is 15.0 Å². The molecule has 0 aliphatic carbocycles. The Hall–Kier alpha value is -1.72. The lowest BCUT2D eigenvalue weighted by Gasteiger charge is -1.86. The molecule has 0 fully saturated rings. The van der Waals surface area contributed by atoms with Gasteiger partial charge in [0.25, 0.3) is 0 Å². The van der Waals surface area contributed by atoms with Gasteiger partial charge in [-0.1, -0.05) is 6.92 Å². The van der Waals surface area contributed by atoms with Crippen molar-refractivity contribution in [2.24, 2.45) is 0 Å². The zero-order chi connectivity index (χ0) is 13.1. The summed E-state index contributed by atoms with van der Waals surface area (Å²) in [6.45, 7) is 3.14. The van der Waals surface area contributed by atoms with Gasteiger partial charge in [0.15, 0.2) is 0 Å². The lowest BCUT2D eigenvalue weighted by atomic mass is 10.2. The van der Waals surface area contributed by atoms with Crippen LogP contribution >= 0.6 is 0 Å². The Labute approximate surface area is 93.3 Å². The van der Waals surface area contributed by atoms with Crippen LogP contribution in [0.25, 0.3) is 0 Å². The van der Waals surface area contributed by atoms with Crippen LogP contribution in [-0.2, 0) is 19.2 Å². The summed E-state index contributed by atoms with van der Waals surface area (Å²) in [7, 11) is 0. The van der Waals surface area contributed by atoms with Crippen molar-refractivity contribution in [3.8, 4) is 0 Å². The number of Topliss-reactive ketones (excluding diaryl/α,β-unsaturated/α-hetero) is 2. The van der Waals surface area contributed by atoms with Crippen LogP contribution in [0.5, 0.6) is 0 Å². The first kappa shape index (κ1) is 16.7. The summed E-state index contributed by atoms with van der Waals surface area (Å²) in [5.74, 6) is -3.02. The normalized spacial score (nSPS) is 8.62. The van der Waals surface area contributed by atoms with Crippen molar-refractivity contribution in [2.75, 3.05) is 0 Å². The summed E-state index contributed by atoms with van der Waals surface area (Å²) >= 11 is 0. The average Bonchev–Trinajstić information content (AvgIpc) is 2.16. The van der Waals surface area contributed by atoms with Gasteiger partial charge in [0.05, 0.1) is 6.42 Å². The van der Waals surface area contributed by atoms with Crippen LogP contribution in [0.1, 0.15) is 39.5 Å². The van der Waals surface area contributed by atoms with Crippen molar-refractivity contribution in [3.05, 3.63) is 0 Å². The zero-order valence-corrected chi connectivity index (χ0v) is 9.36. The first-order valence-electron chi connectivity index (χ1n) is 4.78. The van der Waals surface area contributed by atoms with Gasteiger partial charge in [0, 0.05) is 12.8 Å². The number of ketones is 2. The van der Waals surface area contributed by atoms with E-state index in [1.54, 1.807) is 6.92 Å². The number of carboxylic acids is 2. The van der Waals surface area contributed by atoms with E-state index in [0.29, 0.717) is 6.42 Å². The van der Waals surface area contributed by atoms with Gasteiger partial charge in [0.1, 0.15) is 5.78 Å². The number of rotatable bonds is 6. The highest BCUT2D eigenvalue weighted by molar-refractivity contribution is 6.32.